The number of benzene rings is 25. The molecule has 25 aromatic carbocycles. The third-order valence-corrected chi connectivity index (χ3v) is 27.5. The lowest BCUT2D eigenvalue weighted by Crippen LogP contribution is -1.91. The van der Waals surface area contributed by atoms with Crippen LogP contribution in [0, 0.1) is 0 Å². The van der Waals surface area contributed by atoms with Crippen LogP contribution in [0.1, 0.15) is 54.8 Å². The summed E-state index contributed by atoms with van der Waals surface area (Å²) in [5.41, 5.74) is 3.23. The SMILES string of the molecule is [2H]c1c([2H])c([2H])c2c(-c3cccc4cc5c(cc34)sc3ccccc35)c3c([2H])c([2H])c([2H])c([2H])c3c(-c3ccc(-c4cccc5ccccc45)cc3)c2c1[2H].[2H]c1c([2H])c([2H])c2c(-c3cccc4cc5c(cc34)sc3ccccc35)c3c([2H])c([2H])c([2H])c([2H])c3c(-c3ccc4ccccc4c3)c2c1[2H].[2H]c1c([2H])c([2H])c2c(sc3c([2H])c4c(-c5c6c([2H])c([2H])c([2H])c([2H])c6c(-c6c([2H])c([2H])c7c([2H])c([2H])c([2H])c([2H])c7c6[2H])c6c([2H])c([2H])c([2H])c([2H])c56)c([2H])c([2H])c([2H])c4c([2H])c32)c1[2H]. The largest absolute Gasteiger partial charge is 0.135 e. The molecule has 3 heterocycles. The first-order chi connectivity index (χ1) is 80.6. The van der Waals surface area contributed by atoms with Crippen LogP contribution in [0.25, 0.3) is 268 Å². The van der Waals surface area contributed by atoms with E-state index < -0.39 is 259 Å². The Hall–Kier alpha value is -15.7. The zero-order chi connectivity index (χ0) is 120. The van der Waals surface area contributed by atoms with Gasteiger partial charge in [0.25, 0.3) is 0 Å². The minimum absolute atomic E-state index is 0.0662. The Kier molecular flexibility index (Phi) is 10.6. The number of rotatable bonds is 7. The Morgan fingerprint density at radius 3 is 1.09 bits per heavy atom. The Bertz CT molecular complexity index is 11900. The van der Waals surface area contributed by atoms with Crippen LogP contribution in [-0.4, -0.2) is 0 Å². The Labute approximate surface area is 812 Å². The molecule has 0 nitrogen and oxygen atoms in total. The molecule has 3 heteroatoms. The Balaban J connectivity index is 0.000000125. The maximum absolute atomic E-state index is 9.68. The van der Waals surface area contributed by atoms with Crippen LogP contribution in [0.15, 0.2) is 460 Å². The second kappa shape index (κ2) is 30.6. The highest BCUT2D eigenvalue weighted by Crippen LogP contribution is 2.53. The van der Waals surface area contributed by atoms with E-state index in [1.54, 1.807) is 22.7 Å². The number of fused-ring (bicyclic) bond motifs is 21. The summed E-state index contributed by atoms with van der Waals surface area (Å²) in [6.45, 7) is 0. The minimum Gasteiger partial charge on any atom is -0.135 e. The van der Waals surface area contributed by atoms with Crippen LogP contribution in [0.4, 0.5) is 0 Å². The van der Waals surface area contributed by atoms with E-state index in [9.17, 15) is 23.3 Å². The van der Waals surface area contributed by atoms with E-state index in [2.05, 4.69) is 72.8 Å². The smallest absolute Gasteiger partial charge is 0.0645 e. The first-order valence-corrected chi connectivity index (χ1v) is 43.6. The van der Waals surface area contributed by atoms with Gasteiger partial charge in [-0.1, -0.05) is 393 Å². The molecule has 0 fully saturated rings. The maximum Gasteiger partial charge on any atom is 0.0645 e. The van der Waals surface area contributed by atoms with Gasteiger partial charge in [-0.15, -0.1) is 34.0 Å². The van der Waals surface area contributed by atoms with E-state index in [0.29, 0.717) is 55.8 Å². The van der Waals surface area contributed by atoms with Gasteiger partial charge in [0.2, 0.25) is 0 Å². The van der Waals surface area contributed by atoms with Crippen molar-refractivity contribution >= 4 is 224 Å². The van der Waals surface area contributed by atoms with E-state index in [1.807, 2.05) is 146 Å². The van der Waals surface area contributed by atoms with Crippen molar-refractivity contribution in [3.63, 3.8) is 0 Å². The van der Waals surface area contributed by atoms with Crippen molar-refractivity contribution in [1.82, 2.24) is 0 Å². The fourth-order valence-electron chi connectivity index (χ4n) is 18.5. The normalized spacial score (nSPS) is 16.2. The summed E-state index contributed by atoms with van der Waals surface area (Å²) in [7, 11) is 0. The second-order valence-electron chi connectivity index (χ2n) is 31.1. The summed E-state index contributed by atoms with van der Waals surface area (Å²) in [6, 6.07) is 47.1. The molecular weight excluding hydrogens is 1610 g/mol. The molecule has 0 unspecified atom stereocenters. The van der Waals surface area contributed by atoms with Crippen molar-refractivity contribution in [2.75, 3.05) is 0 Å². The molecule has 0 saturated carbocycles. The third kappa shape index (κ3) is 12.4. The fraction of sp³-hybridized carbons (Fsp3) is 0. The molecule has 129 heavy (non-hydrogen) atoms. The highest BCUT2D eigenvalue weighted by molar-refractivity contribution is 7.26. The predicted molar refractivity (Wildman–Crippen MR) is 566 cm³/mol. The highest BCUT2D eigenvalue weighted by atomic mass is 32.1. The fourth-order valence-corrected chi connectivity index (χ4v) is 21.8. The molecule has 0 spiro atoms. The standard InChI is InChI=1S/C46H28S.2C40H24S/c1-2-14-33-29(11-1)12-9-20-34(33)30-23-25-31(26-24-30)45-36-16-3-5-18-38(36)46(39-19-6-4-17-37(39)45)40-21-10-13-32-27-42-35-15-7-8-22-43(35)47-44(42)28-41(32)40;2*1-2-11-26-22-28(21-20-25(26)10-1)39-30-14-3-5-16-32(30)40(33-17-6-4-15-31(33)39)34-18-9-12-27-23-36-29-13-7-8-19-37(29)41-38(36)24-35(27)34/h1-28H;2*1-24H/i3D,4D,5D,6D,16D,17D,18D,19D;1D,2D,3D,4D,5D,6D,7D,8D,9D,10D,11D,12D,13D,14D,15D,16D,17D,18D,19D,20D,21D,22D,23D,24D;3D,4D,5D,6D,14D,15D,16D,17D. The van der Waals surface area contributed by atoms with Crippen LogP contribution in [0.3, 0.4) is 0 Å². The molecule has 0 N–H and O–H groups in total. The molecular formula is C126H76S3. The molecule has 0 amide bonds. The summed E-state index contributed by atoms with van der Waals surface area (Å²) in [5, 5.41) is 8.67. The Morgan fingerprint density at radius 1 is 0.140 bits per heavy atom. The van der Waals surface area contributed by atoms with Gasteiger partial charge < -0.3 is 0 Å². The zero-order valence-electron chi connectivity index (χ0n) is 107. The van der Waals surface area contributed by atoms with E-state index in [4.69, 9.17) is 31.5 Å². The van der Waals surface area contributed by atoms with Gasteiger partial charge in [-0.2, -0.15) is 0 Å². The van der Waals surface area contributed by atoms with E-state index in [1.165, 1.54) is 0 Å². The minimum atomic E-state index is -0.929. The van der Waals surface area contributed by atoms with Gasteiger partial charge in [0, 0.05) is 60.5 Å². The van der Waals surface area contributed by atoms with Crippen LogP contribution in [0.5, 0.6) is 0 Å². The van der Waals surface area contributed by atoms with Gasteiger partial charge in [0.05, 0.1) is 54.8 Å². The van der Waals surface area contributed by atoms with Crippen molar-refractivity contribution in [3.05, 3.63) is 460 Å². The average molecular weight is 1730 g/mol. The zero-order valence-corrected chi connectivity index (χ0v) is 69.5. The molecule has 598 valence electrons. The molecule has 0 aliphatic rings. The molecule has 28 rings (SSSR count). The predicted octanol–water partition coefficient (Wildman–Crippen LogP) is 37.7. The first-order valence-electron chi connectivity index (χ1n) is 61.1. The lowest BCUT2D eigenvalue weighted by atomic mass is 9.84. The lowest BCUT2D eigenvalue weighted by Gasteiger charge is -2.19. The van der Waals surface area contributed by atoms with Gasteiger partial charge >= 0.3 is 0 Å². The van der Waals surface area contributed by atoms with E-state index in [0.717, 1.165) is 94.6 Å². The van der Waals surface area contributed by atoms with Gasteiger partial charge in [0.1, 0.15) is 0 Å². The van der Waals surface area contributed by atoms with Crippen molar-refractivity contribution < 1.29 is 54.8 Å². The average Bonchev–Trinajstić information content (AvgIpc) is 1.64. The van der Waals surface area contributed by atoms with Crippen molar-refractivity contribution in [2.45, 2.75) is 0 Å². The van der Waals surface area contributed by atoms with Gasteiger partial charge in [0.15, 0.2) is 0 Å². The molecule has 0 atom stereocenters. The summed E-state index contributed by atoms with van der Waals surface area (Å²) in [5.74, 6) is 0. The topological polar surface area (TPSA) is 0 Å². The van der Waals surface area contributed by atoms with Gasteiger partial charge in [-0.25, -0.2) is 0 Å². The van der Waals surface area contributed by atoms with Crippen LogP contribution < -0.4 is 0 Å². The first kappa shape index (κ1) is 44.9. The number of thiophene rings is 3. The monoisotopic (exact) mass is 1720 g/mol. The second-order valence-corrected chi connectivity index (χ2v) is 34.3. The molecule has 28 aromatic rings. The number of hydrogen-bond acceptors (Lipinski definition) is 3. The van der Waals surface area contributed by atoms with Crippen LogP contribution in [0.2, 0.25) is 0 Å². The molecule has 0 radical (unpaired) electrons. The molecule has 0 saturated heterocycles. The van der Waals surface area contributed by atoms with Crippen molar-refractivity contribution in [1.29, 1.82) is 0 Å². The van der Waals surface area contributed by atoms with Crippen molar-refractivity contribution in [2.24, 2.45) is 0 Å². The summed E-state index contributed by atoms with van der Waals surface area (Å²) >= 11 is 4.02. The van der Waals surface area contributed by atoms with Crippen molar-refractivity contribution in [3.8, 4) is 77.9 Å². The van der Waals surface area contributed by atoms with Crippen LogP contribution >= 0.6 is 34.0 Å². The van der Waals surface area contributed by atoms with E-state index >= 15 is 0 Å². The highest BCUT2D eigenvalue weighted by Gasteiger charge is 2.25. The number of hydrogen-bond donors (Lipinski definition) is 0. The van der Waals surface area contributed by atoms with E-state index in [-0.39, 0.29) is 112 Å². The Morgan fingerprint density at radius 2 is 0.535 bits per heavy atom. The quantitative estimate of drug-likeness (QED) is 0.140. The maximum atomic E-state index is 9.68. The van der Waals surface area contributed by atoms with Crippen LogP contribution in [-0.2, 0) is 0 Å². The summed E-state index contributed by atoms with van der Waals surface area (Å²) in [4.78, 5) is 0. The molecule has 0 aliphatic carbocycles. The molecule has 3 aromatic heterocycles. The van der Waals surface area contributed by atoms with Gasteiger partial charge in [-0.05, 0) is 274 Å². The molecule has 0 aliphatic heterocycles. The van der Waals surface area contributed by atoms with Gasteiger partial charge in [-0.3, -0.25) is 0 Å². The summed E-state index contributed by atoms with van der Waals surface area (Å²) < 4.78 is 364. The summed E-state index contributed by atoms with van der Waals surface area (Å²) in [6.07, 6.45) is 0. The molecule has 0 bridgehead atoms. The third-order valence-electron chi connectivity index (χ3n) is 24.2. The lowest BCUT2D eigenvalue weighted by molar-refractivity contribution is 1.63.